The van der Waals surface area contributed by atoms with E-state index < -0.39 is 17.7 Å². The molecule has 2 aromatic rings. The quantitative estimate of drug-likeness (QED) is 0.509. The van der Waals surface area contributed by atoms with E-state index >= 15 is 4.39 Å². The van der Waals surface area contributed by atoms with Crippen LogP contribution in [0.1, 0.15) is 79.9 Å². The van der Waals surface area contributed by atoms with E-state index in [2.05, 4.69) is 6.07 Å². The van der Waals surface area contributed by atoms with Crippen LogP contribution in [0.15, 0.2) is 18.2 Å². The molecule has 4 rings (SSSR count). The number of ether oxygens (including phenoxy) is 3. The first kappa shape index (κ1) is 22.8. The van der Waals surface area contributed by atoms with Gasteiger partial charge in [-0.1, -0.05) is 12.1 Å². The predicted octanol–water partition coefficient (Wildman–Crippen LogP) is 6.34. The summed E-state index contributed by atoms with van der Waals surface area (Å²) in [6.07, 6.45) is 2.93. The van der Waals surface area contributed by atoms with Gasteiger partial charge in [-0.25, -0.2) is 9.18 Å². The third-order valence-corrected chi connectivity index (χ3v) is 6.37. The summed E-state index contributed by atoms with van der Waals surface area (Å²) in [5.41, 5.74) is 5.95. The normalized spacial score (nSPS) is 16.8. The molecule has 172 valence electrons. The first-order valence-corrected chi connectivity index (χ1v) is 11.5. The Bertz CT molecular complexity index is 1050. The Morgan fingerprint density at radius 2 is 1.94 bits per heavy atom. The van der Waals surface area contributed by atoms with Crippen molar-refractivity contribution < 1.29 is 23.4 Å². The number of rotatable bonds is 5. The van der Waals surface area contributed by atoms with Gasteiger partial charge in [0.2, 0.25) is 0 Å². The largest absolute Gasteiger partial charge is 0.490 e. The maximum Gasteiger partial charge on any atom is 0.339 e. The molecule has 0 spiro atoms. The predicted molar refractivity (Wildman–Crippen MR) is 123 cm³/mol. The van der Waals surface area contributed by atoms with E-state index in [9.17, 15) is 4.79 Å². The van der Waals surface area contributed by atoms with Gasteiger partial charge in [0.25, 0.3) is 0 Å². The van der Waals surface area contributed by atoms with Crippen molar-refractivity contribution in [3.8, 4) is 16.9 Å². The molecule has 0 bridgehead atoms. The van der Waals surface area contributed by atoms with Crippen LogP contribution in [0.25, 0.3) is 11.1 Å². The highest BCUT2D eigenvalue weighted by atomic mass is 19.1. The number of carbonyl (C=O) groups is 1. The van der Waals surface area contributed by atoms with E-state index in [-0.39, 0.29) is 5.82 Å². The fraction of sp³-hybridized carbons (Fsp3) is 0.519. The molecular weight excluding hydrogens is 407 g/mol. The molecule has 1 atom stereocenters. The van der Waals surface area contributed by atoms with Crippen LogP contribution in [0.4, 0.5) is 4.39 Å². The number of halogens is 1. The van der Waals surface area contributed by atoms with Crippen molar-refractivity contribution in [1.29, 1.82) is 0 Å². The fourth-order valence-electron chi connectivity index (χ4n) is 4.72. The summed E-state index contributed by atoms with van der Waals surface area (Å²) in [5.74, 6) is -0.0142. The van der Waals surface area contributed by atoms with Gasteiger partial charge in [0.05, 0.1) is 19.3 Å². The second-order valence-corrected chi connectivity index (χ2v) is 9.96. The van der Waals surface area contributed by atoms with Crippen LogP contribution >= 0.6 is 0 Å². The Morgan fingerprint density at radius 1 is 1.22 bits per heavy atom. The van der Waals surface area contributed by atoms with Crippen molar-refractivity contribution in [2.24, 2.45) is 0 Å². The van der Waals surface area contributed by atoms with Crippen LogP contribution in [-0.4, -0.2) is 25.3 Å². The zero-order valence-electron chi connectivity index (χ0n) is 19.9. The van der Waals surface area contributed by atoms with Crippen molar-refractivity contribution in [2.45, 2.75) is 77.9 Å². The summed E-state index contributed by atoms with van der Waals surface area (Å²) in [6, 6.07) is 5.75. The summed E-state index contributed by atoms with van der Waals surface area (Å²) in [5, 5.41) is 0. The Morgan fingerprint density at radius 3 is 2.56 bits per heavy atom. The first-order valence-electron chi connectivity index (χ1n) is 11.5. The summed E-state index contributed by atoms with van der Waals surface area (Å²) in [4.78, 5) is 13.0. The number of hydrogen-bond acceptors (Lipinski definition) is 4. The molecule has 0 saturated heterocycles. The maximum atomic E-state index is 15.2. The van der Waals surface area contributed by atoms with Crippen molar-refractivity contribution in [2.75, 3.05) is 13.7 Å². The molecule has 1 aliphatic carbocycles. The van der Waals surface area contributed by atoms with Crippen LogP contribution < -0.4 is 4.74 Å². The SMILES string of the molecule is COC(=O)[C@@H](OC(C)(C)C)c1c(C)ccc(C2CC2)c1-c1cc(F)c2c(c1C)CCCO2. The van der Waals surface area contributed by atoms with Gasteiger partial charge in [-0.05, 0) is 100 Å². The van der Waals surface area contributed by atoms with Crippen molar-refractivity contribution in [3.63, 3.8) is 0 Å². The molecule has 1 heterocycles. The Hall–Kier alpha value is -2.40. The molecule has 2 aliphatic rings. The summed E-state index contributed by atoms with van der Waals surface area (Å²) < 4.78 is 32.3. The molecule has 0 aromatic heterocycles. The lowest BCUT2D eigenvalue weighted by Crippen LogP contribution is -2.29. The Kier molecular flexibility index (Phi) is 6.06. The Balaban J connectivity index is 2.01. The second kappa shape index (κ2) is 8.51. The maximum absolute atomic E-state index is 15.2. The van der Waals surface area contributed by atoms with Crippen molar-refractivity contribution in [1.82, 2.24) is 0 Å². The summed E-state index contributed by atoms with van der Waals surface area (Å²) in [6.45, 7) is 10.3. The number of esters is 1. The zero-order valence-corrected chi connectivity index (χ0v) is 19.9. The van der Waals surface area contributed by atoms with E-state index in [0.29, 0.717) is 18.3 Å². The first-order chi connectivity index (χ1) is 15.1. The lowest BCUT2D eigenvalue weighted by molar-refractivity contribution is -0.164. The molecule has 0 unspecified atom stereocenters. The van der Waals surface area contributed by atoms with Crippen molar-refractivity contribution >= 4 is 5.97 Å². The van der Waals surface area contributed by atoms with Gasteiger partial charge in [0.1, 0.15) is 0 Å². The van der Waals surface area contributed by atoms with Gasteiger partial charge in [-0.15, -0.1) is 0 Å². The molecule has 0 radical (unpaired) electrons. The van der Waals surface area contributed by atoms with Gasteiger partial charge in [-0.2, -0.15) is 0 Å². The number of benzene rings is 2. The highest BCUT2D eigenvalue weighted by molar-refractivity contribution is 5.85. The number of hydrogen-bond donors (Lipinski definition) is 0. The van der Waals surface area contributed by atoms with E-state index in [0.717, 1.165) is 64.6 Å². The molecule has 4 nitrogen and oxygen atoms in total. The Labute approximate surface area is 190 Å². The van der Waals surface area contributed by atoms with Crippen molar-refractivity contribution in [3.05, 3.63) is 51.8 Å². The van der Waals surface area contributed by atoms with Crippen LogP contribution in [0.2, 0.25) is 0 Å². The van der Waals surface area contributed by atoms with E-state index in [1.165, 1.54) is 7.11 Å². The fourth-order valence-corrected chi connectivity index (χ4v) is 4.72. The average molecular weight is 441 g/mol. The van der Waals surface area contributed by atoms with Gasteiger partial charge in [0.15, 0.2) is 17.7 Å². The van der Waals surface area contributed by atoms with Crippen LogP contribution in [0.5, 0.6) is 5.75 Å². The van der Waals surface area contributed by atoms with Gasteiger partial charge < -0.3 is 14.2 Å². The summed E-state index contributed by atoms with van der Waals surface area (Å²) in [7, 11) is 1.38. The minimum Gasteiger partial charge on any atom is -0.490 e. The van der Waals surface area contributed by atoms with E-state index in [4.69, 9.17) is 14.2 Å². The number of aryl methyl sites for hydroxylation is 1. The van der Waals surface area contributed by atoms with Crippen LogP contribution in [0, 0.1) is 19.7 Å². The standard InChI is InChI=1S/C27H33FO4/c1-15-9-12-19(17-10-11-17)23(22(15)25(26(29)30-6)32-27(3,4)5)20-14-21(28)24-18(16(20)2)8-7-13-31-24/h9,12,14,17,25H,7-8,10-11,13H2,1-6H3/t25-/m0/s1. The molecule has 5 heteroatoms. The average Bonchev–Trinajstić information content (AvgIpc) is 3.59. The molecule has 1 aliphatic heterocycles. The van der Waals surface area contributed by atoms with Crippen LogP contribution in [-0.2, 0) is 20.7 Å². The monoisotopic (exact) mass is 440 g/mol. The molecular formula is C27H33FO4. The molecule has 32 heavy (non-hydrogen) atoms. The zero-order chi connectivity index (χ0) is 23.2. The highest BCUT2D eigenvalue weighted by Crippen LogP contribution is 2.50. The third-order valence-electron chi connectivity index (χ3n) is 6.37. The topological polar surface area (TPSA) is 44.8 Å². The molecule has 1 fully saturated rings. The summed E-state index contributed by atoms with van der Waals surface area (Å²) >= 11 is 0. The van der Waals surface area contributed by atoms with E-state index in [1.807, 2.05) is 40.7 Å². The minimum atomic E-state index is -0.900. The number of methoxy groups -OCH3 is 1. The van der Waals surface area contributed by atoms with E-state index in [1.54, 1.807) is 6.07 Å². The van der Waals surface area contributed by atoms with Gasteiger partial charge in [0, 0.05) is 11.1 Å². The highest BCUT2D eigenvalue weighted by Gasteiger charge is 2.36. The third kappa shape index (κ3) is 4.27. The van der Waals surface area contributed by atoms with Gasteiger partial charge >= 0.3 is 5.97 Å². The lowest BCUT2D eigenvalue weighted by atomic mass is 9.83. The molecule has 1 saturated carbocycles. The number of fused-ring (bicyclic) bond motifs is 1. The van der Waals surface area contributed by atoms with Gasteiger partial charge in [-0.3, -0.25) is 0 Å². The molecule has 0 amide bonds. The molecule has 0 N–H and O–H groups in total. The van der Waals surface area contributed by atoms with Crippen LogP contribution in [0.3, 0.4) is 0 Å². The smallest absolute Gasteiger partial charge is 0.339 e. The second-order valence-electron chi connectivity index (χ2n) is 9.96. The number of carbonyl (C=O) groups excluding carboxylic acids is 1. The minimum absolute atomic E-state index is 0.346. The molecule has 2 aromatic carbocycles. The lowest BCUT2D eigenvalue weighted by Gasteiger charge is -2.30.